The highest BCUT2D eigenvalue weighted by molar-refractivity contribution is 7.93. The van der Waals surface area contributed by atoms with Gasteiger partial charge in [-0.25, -0.2) is 17.2 Å². The van der Waals surface area contributed by atoms with Crippen LogP contribution in [-0.2, 0) is 15.6 Å². The Labute approximate surface area is 116 Å². The molecule has 0 aliphatic rings. The first-order valence-corrected chi connectivity index (χ1v) is 7.57. The van der Waals surface area contributed by atoms with Crippen molar-refractivity contribution in [3.63, 3.8) is 0 Å². The first-order chi connectivity index (χ1) is 9.44. The smallest absolute Gasteiger partial charge is 0.175 e. The van der Waals surface area contributed by atoms with E-state index in [-0.39, 0.29) is 11.6 Å². The highest BCUT2D eigenvalue weighted by Gasteiger charge is 2.07. The summed E-state index contributed by atoms with van der Waals surface area (Å²) in [5, 5.41) is 1.07. The molecule has 0 aromatic heterocycles. The quantitative estimate of drug-likeness (QED) is 0.864. The fourth-order valence-electron chi connectivity index (χ4n) is 1.62. The van der Waals surface area contributed by atoms with Crippen molar-refractivity contribution >= 4 is 15.9 Å². The lowest BCUT2D eigenvalue weighted by Gasteiger charge is -2.00. The number of hydrogen-bond acceptors (Lipinski definition) is 2. The second-order valence-electron chi connectivity index (χ2n) is 4.29. The van der Waals surface area contributed by atoms with Gasteiger partial charge in [0.05, 0.1) is 5.75 Å². The van der Waals surface area contributed by atoms with Gasteiger partial charge in [0.2, 0.25) is 0 Å². The topological polar surface area (TPSA) is 34.1 Å². The average Bonchev–Trinajstić information content (AvgIpc) is 2.41. The standard InChI is InChI=1S/C15H12F2O2S/c16-14-5-1-12(2-6-14)9-10-20(18,19)11-13-3-7-15(17)8-4-13/h1-10H,11H2/b10-9+. The maximum absolute atomic E-state index is 12.7. The van der Waals surface area contributed by atoms with E-state index in [0.29, 0.717) is 11.1 Å². The molecule has 2 nitrogen and oxygen atoms in total. The third kappa shape index (κ3) is 4.28. The minimum Gasteiger partial charge on any atom is -0.224 e. The Morgan fingerprint density at radius 3 is 1.90 bits per heavy atom. The molecule has 0 unspecified atom stereocenters. The van der Waals surface area contributed by atoms with Crippen molar-refractivity contribution in [2.24, 2.45) is 0 Å². The largest absolute Gasteiger partial charge is 0.224 e. The summed E-state index contributed by atoms with van der Waals surface area (Å²) in [7, 11) is -3.45. The Morgan fingerprint density at radius 2 is 1.35 bits per heavy atom. The summed E-state index contributed by atoms with van der Waals surface area (Å²) in [6.45, 7) is 0. The number of halogens is 2. The second kappa shape index (κ2) is 5.96. The predicted molar refractivity (Wildman–Crippen MR) is 74.5 cm³/mol. The Bertz CT molecular complexity index is 703. The van der Waals surface area contributed by atoms with E-state index in [2.05, 4.69) is 0 Å². The Hall–Kier alpha value is -2.01. The van der Waals surface area contributed by atoms with Crippen LogP contribution in [0.4, 0.5) is 8.78 Å². The van der Waals surface area contributed by atoms with Crippen LogP contribution in [0.5, 0.6) is 0 Å². The van der Waals surface area contributed by atoms with Crippen molar-refractivity contribution in [3.8, 4) is 0 Å². The Morgan fingerprint density at radius 1 is 0.850 bits per heavy atom. The first-order valence-electron chi connectivity index (χ1n) is 5.85. The highest BCUT2D eigenvalue weighted by Crippen LogP contribution is 2.11. The molecule has 20 heavy (non-hydrogen) atoms. The number of sulfone groups is 1. The third-order valence-corrected chi connectivity index (χ3v) is 3.91. The van der Waals surface area contributed by atoms with Gasteiger partial charge in [-0.2, -0.15) is 0 Å². The van der Waals surface area contributed by atoms with Gasteiger partial charge >= 0.3 is 0 Å². The zero-order valence-corrected chi connectivity index (χ0v) is 11.3. The molecule has 2 aromatic carbocycles. The molecule has 0 amide bonds. The Balaban J connectivity index is 2.11. The molecular formula is C15H12F2O2S. The van der Waals surface area contributed by atoms with Crippen LogP contribution in [-0.4, -0.2) is 8.42 Å². The summed E-state index contributed by atoms with van der Waals surface area (Å²) in [5.74, 6) is -0.991. The Kier molecular flexibility index (Phi) is 4.29. The molecule has 104 valence electrons. The van der Waals surface area contributed by atoms with Gasteiger partial charge in [0.1, 0.15) is 11.6 Å². The summed E-state index contributed by atoms with van der Waals surface area (Å²) < 4.78 is 49.2. The molecule has 0 spiro atoms. The monoisotopic (exact) mass is 294 g/mol. The summed E-state index contributed by atoms with van der Waals surface area (Å²) in [6.07, 6.45) is 1.40. The van der Waals surface area contributed by atoms with Gasteiger partial charge in [-0.15, -0.1) is 0 Å². The molecule has 5 heteroatoms. The van der Waals surface area contributed by atoms with Crippen molar-refractivity contribution in [2.45, 2.75) is 5.75 Å². The van der Waals surface area contributed by atoms with E-state index < -0.39 is 15.7 Å². The molecule has 0 aliphatic carbocycles. The summed E-state index contributed by atoms with van der Waals surface area (Å²) in [6, 6.07) is 10.8. The van der Waals surface area contributed by atoms with Gasteiger partial charge in [0, 0.05) is 5.41 Å². The predicted octanol–water partition coefficient (Wildman–Crippen LogP) is 3.55. The third-order valence-electron chi connectivity index (χ3n) is 2.62. The van der Waals surface area contributed by atoms with E-state index in [1.165, 1.54) is 54.6 Å². The minimum absolute atomic E-state index is 0.203. The molecule has 0 N–H and O–H groups in total. The van der Waals surface area contributed by atoms with Gasteiger partial charge in [-0.3, -0.25) is 0 Å². The van der Waals surface area contributed by atoms with Crippen LogP contribution in [0.1, 0.15) is 11.1 Å². The molecule has 0 saturated heterocycles. The molecule has 0 radical (unpaired) electrons. The molecule has 0 atom stereocenters. The van der Waals surface area contributed by atoms with Crippen LogP contribution in [0.2, 0.25) is 0 Å². The van der Waals surface area contributed by atoms with Crippen LogP contribution in [0.15, 0.2) is 53.9 Å². The molecular weight excluding hydrogens is 282 g/mol. The highest BCUT2D eigenvalue weighted by atomic mass is 32.2. The summed E-state index contributed by atoms with van der Waals surface area (Å²) in [5.41, 5.74) is 1.10. The molecule has 2 rings (SSSR count). The van der Waals surface area contributed by atoms with Gasteiger partial charge in [0.25, 0.3) is 0 Å². The van der Waals surface area contributed by atoms with Crippen LogP contribution in [0, 0.1) is 11.6 Å². The van der Waals surface area contributed by atoms with Gasteiger partial charge in [0.15, 0.2) is 9.84 Å². The second-order valence-corrected chi connectivity index (χ2v) is 6.17. The molecule has 0 bridgehead atoms. The molecule has 0 aliphatic heterocycles. The van der Waals surface area contributed by atoms with Gasteiger partial charge in [-0.1, -0.05) is 24.3 Å². The van der Waals surface area contributed by atoms with E-state index in [4.69, 9.17) is 0 Å². The molecule has 2 aromatic rings. The lowest BCUT2D eigenvalue weighted by Crippen LogP contribution is -1.99. The number of rotatable bonds is 4. The maximum atomic E-state index is 12.7. The van der Waals surface area contributed by atoms with Crippen molar-refractivity contribution in [2.75, 3.05) is 0 Å². The molecule has 0 fully saturated rings. The normalized spacial score (nSPS) is 11.9. The summed E-state index contributed by atoms with van der Waals surface area (Å²) >= 11 is 0. The van der Waals surface area contributed by atoms with Crippen molar-refractivity contribution in [3.05, 3.63) is 76.7 Å². The van der Waals surface area contributed by atoms with E-state index in [1.54, 1.807) is 0 Å². The molecule has 0 heterocycles. The zero-order valence-electron chi connectivity index (χ0n) is 10.5. The lowest BCUT2D eigenvalue weighted by atomic mass is 10.2. The van der Waals surface area contributed by atoms with E-state index in [9.17, 15) is 17.2 Å². The van der Waals surface area contributed by atoms with E-state index in [0.717, 1.165) is 5.41 Å². The fraction of sp³-hybridized carbons (Fsp3) is 0.0667. The first kappa shape index (κ1) is 14.4. The van der Waals surface area contributed by atoms with Crippen molar-refractivity contribution in [1.29, 1.82) is 0 Å². The average molecular weight is 294 g/mol. The SMILES string of the molecule is O=S(=O)(/C=C/c1ccc(F)cc1)Cc1ccc(F)cc1. The van der Waals surface area contributed by atoms with E-state index in [1.807, 2.05) is 0 Å². The van der Waals surface area contributed by atoms with Crippen molar-refractivity contribution in [1.82, 2.24) is 0 Å². The summed E-state index contributed by atoms with van der Waals surface area (Å²) in [4.78, 5) is 0. The van der Waals surface area contributed by atoms with Crippen LogP contribution >= 0.6 is 0 Å². The van der Waals surface area contributed by atoms with E-state index >= 15 is 0 Å². The molecule has 0 saturated carbocycles. The van der Waals surface area contributed by atoms with Gasteiger partial charge < -0.3 is 0 Å². The zero-order chi connectivity index (χ0) is 14.6. The number of hydrogen-bond donors (Lipinski definition) is 0. The van der Waals surface area contributed by atoms with Crippen molar-refractivity contribution < 1.29 is 17.2 Å². The van der Waals surface area contributed by atoms with Crippen LogP contribution in [0.25, 0.3) is 6.08 Å². The lowest BCUT2D eigenvalue weighted by molar-refractivity contribution is 0.603. The van der Waals surface area contributed by atoms with Crippen LogP contribution in [0.3, 0.4) is 0 Å². The van der Waals surface area contributed by atoms with Gasteiger partial charge in [-0.05, 0) is 41.5 Å². The van der Waals surface area contributed by atoms with Crippen LogP contribution < -0.4 is 0 Å². The minimum atomic E-state index is -3.45. The number of benzene rings is 2. The fourth-order valence-corrected chi connectivity index (χ4v) is 2.73. The maximum Gasteiger partial charge on any atom is 0.175 e.